The topological polar surface area (TPSA) is 0 Å². The van der Waals surface area contributed by atoms with Gasteiger partial charge in [0, 0.05) is 7.26 Å². The third kappa shape index (κ3) is 15.2. The average Bonchev–Trinajstić information content (AvgIpc) is 3.07. The zero-order valence-corrected chi connectivity index (χ0v) is 37.7. The van der Waals surface area contributed by atoms with Crippen LogP contribution in [0.5, 0.6) is 0 Å². The van der Waals surface area contributed by atoms with Crippen LogP contribution in [0.25, 0.3) is 0 Å². The summed E-state index contributed by atoms with van der Waals surface area (Å²) in [6.45, 7) is 24.6. The summed E-state index contributed by atoms with van der Waals surface area (Å²) in [5.41, 5.74) is 7.58. The molecule has 0 aromatic carbocycles. The van der Waals surface area contributed by atoms with E-state index in [1.165, 1.54) is 185 Å². The van der Waals surface area contributed by atoms with Crippen LogP contribution in [0.2, 0.25) is 0 Å². The molecule has 0 saturated carbocycles. The lowest BCUT2D eigenvalue weighted by molar-refractivity contribution is 0.450. The summed E-state index contributed by atoms with van der Waals surface area (Å²) in [5.74, 6) is 0. The second kappa shape index (κ2) is 24.7. The van der Waals surface area contributed by atoms with Crippen LogP contribution in [0.3, 0.4) is 0 Å². The predicted octanol–water partition coefficient (Wildman–Crippen LogP) is 17.8. The Morgan fingerprint density at radius 1 is 0.451 bits per heavy atom. The molecule has 0 aliphatic heterocycles. The van der Waals surface area contributed by atoms with Gasteiger partial charge in [0.2, 0.25) is 0 Å². The van der Waals surface area contributed by atoms with Gasteiger partial charge in [-0.1, -0.05) is 194 Å². The molecule has 0 bridgehead atoms. The van der Waals surface area contributed by atoms with Crippen molar-refractivity contribution in [3.8, 4) is 0 Å². The van der Waals surface area contributed by atoms with Crippen LogP contribution < -0.4 is 0 Å². The molecule has 0 aromatic heterocycles. The number of hydrogen-bond acceptors (Lipinski definition) is 0. The van der Waals surface area contributed by atoms with Crippen LogP contribution in [-0.2, 0) is 0 Å². The Hall–Kier alpha value is -0.610. The number of unbranched alkanes of at least 4 members (excludes halogenated alkanes) is 19. The summed E-state index contributed by atoms with van der Waals surface area (Å²) >= 11 is 0. The van der Waals surface area contributed by atoms with Crippen LogP contribution in [0.4, 0.5) is 0 Å². The highest BCUT2D eigenvalue weighted by Crippen LogP contribution is 2.78. The van der Waals surface area contributed by atoms with Crippen molar-refractivity contribution >= 4 is 7.26 Å². The fourth-order valence-electron chi connectivity index (χ4n) is 10.2. The van der Waals surface area contributed by atoms with E-state index < -0.39 is 7.26 Å². The second-order valence-corrected chi connectivity index (χ2v) is 23.4. The first kappa shape index (κ1) is 46.5. The SMILES string of the molecule is CCCCCCCCCCCCCC(C1=C(C)CC(C)(C)C=C1)(C1=C(C)CC(C)(C)C=C1)[P+](CCCCCC)(CCCCCC)CCCCCC. The van der Waals surface area contributed by atoms with Gasteiger partial charge in [-0.2, -0.15) is 0 Å². The molecule has 0 aromatic rings. The maximum atomic E-state index is 2.74. The molecule has 0 radical (unpaired) electrons. The van der Waals surface area contributed by atoms with Gasteiger partial charge in [-0.25, -0.2) is 0 Å². The van der Waals surface area contributed by atoms with E-state index in [9.17, 15) is 0 Å². The molecule has 0 fully saturated rings. The Morgan fingerprint density at radius 2 is 0.745 bits per heavy atom. The standard InChI is InChI=1S/C50H92P/c1-11-15-19-23-24-25-26-27-28-29-30-36-50(46-34-37-48(7,8)42-44(46)5,47-35-38-49(9,10)43-45(47)6)51(39-31-20-16-12-2,40-32-21-17-13-3)41-33-22-18-14-4/h34-35,37-38H,11-33,36,39-43H2,1-10H3/q+1. The molecule has 2 aliphatic carbocycles. The van der Waals surface area contributed by atoms with Gasteiger partial charge in [0.15, 0.2) is 0 Å². The van der Waals surface area contributed by atoms with Crippen molar-refractivity contribution < 1.29 is 0 Å². The van der Waals surface area contributed by atoms with Crippen LogP contribution >= 0.6 is 7.26 Å². The minimum Gasteiger partial charge on any atom is -0.0781 e. The van der Waals surface area contributed by atoms with Gasteiger partial charge >= 0.3 is 0 Å². The van der Waals surface area contributed by atoms with Crippen LogP contribution in [0, 0.1) is 10.8 Å². The molecule has 296 valence electrons. The molecule has 0 amide bonds. The molecular formula is C50H92P+. The molecule has 2 aliphatic rings. The quantitative estimate of drug-likeness (QED) is 0.0511. The monoisotopic (exact) mass is 724 g/mol. The minimum atomic E-state index is -1.45. The summed E-state index contributed by atoms with van der Waals surface area (Å²) in [4.78, 5) is 0. The van der Waals surface area contributed by atoms with Crippen molar-refractivity contribution in [1.82, 2.24) is 0 Å². The van der Waals surface area contributed by atoms with E-state index in [4.69, 9.17) is 0 Å². The Kier molecular flexibility index (Phi) is 22.6. The first-order valence-electron chi connectivity index (χ1n) is 23.1. The van der Waals surface area contributed by atoms with Gasteiger partial charge in [0.05, 0.1) is 18.5 Å². The number of rotatable bonds is 30. The fourth-order valence-corrected chi connectivity index (χ4v) is 16.7. The van der Waals surface area contributed by atoms with E-state index in [1.54, 1.807) is 11.1 Å². The molecule has 0 saturated heterocycles. The lowest BCUT2D eigenvalue weighted by Gasteiger charge is -2.51. The van der Waals surface area contributed by atoms with Crippen molar-refractivity contribution in [3.63, 3.8) is 0 Å². The molecule has 0 spiro atoms. The molecule has 0 heterocycles. The summed E-state index contributed by atoms with van der Waals surface area (Å²) in [6.07, 6.45) is 51.8. The summed E-state index contributed by atoms with van der Waals surface area (Å²) in [5, 5.41) is 0.213. The van der Waals surface area contributed by atoms with Crippen LogP contribution in [-0.4, -0.2) is 23.6 Å². The van der Waals surface area contributed by atoms with Crippen LogP contribution in [0.1, 0.15) is 236 Å². The molecule has 1 heteroatoms. The van der Waals surface area contributed by atoms with E-state index in [1.807, 2.05) is 11.1 Å². The highest BCUT2D eigenvalue weighted by Gasteiger charge is 2.60. The first-order valence-corrected chi connectivity index (χ1v) is 25.4. The van der Waals surface area contributed by atoms with Gasteiger partial charge in [-0.3, -0.25) is 0 Å². The van der Waals surface area contributed by atoms with Gasteiger partial charge in [-0.05, 0) is 100 Å². The smallest absolute Gasteiger partial charge is 0.0781 e. The second-order valence-electron chi connectivity index (χ2n) is 19.0. The van der Waals surface area contributed by atoms with Crippen molar-refractivity contribution in [2.45, 2.75) is 241 Å². The third-order valence-corrected chi connectivity index (χ3v) is 18.8. The highest BCUT2D eigenvalue weighted by atomic mass is 31.2. The minimum absolute atomic E-state index is 0.213. The predicted molar refractivity (Wildman–Crippen MR) is 238 cm³/mol. The van der Waals surface area contributed by atoms with E-state index in [0.717, 1.165) is 0 Å². The van der Waals surface area contributed by atoms with Crippen LogP contribution in [0.15, 0.2) is 46.6 Å². The summed E-state index contributed by atoms with van der Waals surface area (Å²) in [6, 6.07) is 0. The van der Waals surface area contributed by atoms with E-state index >= 15 is 0 Å². The lowest BCUT2D eigenvalue weighted by Crippen LogP contribution is -2.43. The van der Waals surface area contributed by atoms with Gasteiger partial charge in [-0.15, -0.1) is 0 Å². The molecule has 0 atom stereocenters. The Labute approximate surface area is 323 Å². The third-order valence-electron chi connectivity index (χ3n) is 12.9. The molecule has 0 N–H and O–H groups in total. The van der Waals surface area contributed by atoms with Crippen molar-refractivity contribution in [1.29, 1.82) is 0 Å². The molecule has 0 unspecified atom stereocenters. The maximum absolute atomic E-state index is 2.74. The Bertz CT molecular complexity index is 981. The molecule has 51 heavy (non-hydrogen) atoms. The lowest BCUT2D eigenvalue weighted by atomic mass is 9.70. The number of allylic oxidation sites excluding steroid dienone is 8. The molecule has 2 rings (SSSR count). The zero-order valence-electron chi connectivity index (χ0n) is 36.8. The average molecular weight is 724 g/mol. The van der Waals surface area contributed by atoms with E-state index in [2.05, 4.69) is 93.5 Å². The van der Waals surface area contributed by atoms with Crippen molar-refractivity contribution in [2.24, 2.45) is 10.8 Å². The Balaban J connectivity index is 2.70. The summed E-state index contributed by atoms with van der Waals surface area (Å²) in [7, 11) is -1.45. The van der Waals surface area contributed by atoms with Gasteiger partial charge in [0.25, 0.3) is 0 Å². The van der Waals surface area contributed by atoms with Crippen molar-refractivity contribution in [2.75, 3.05) is 18.5 Å². The van der Waals surface area contributed by atoms with Crippen molar-refractivity contribution in [3.05, 3.63) is 46.6 Å². The zero-order chi connectivity index (χ0) is 37.6. The maximum Gasteiger partial charge on any atom is 0.129 e. The van der Waals surface area contributed by atoms with E-state index in [-0.39, 0.29) is 16.0 Å². The molecular weight excluding hydrogens is 632 g/mol. The fraction of sp³-hybridized carbons (Fsp3) is 0.840. The first-order chi connectivity index (χ1) is 24.4. The normalized spacial score (nSPS) is 17.6. The Morgan fingerprint density at radius 3 is 1.06 bits per heavy atom. The number of hydrogen-bond donors (Lipinski definition) is 0. The molecule has 0 nitrogen and oxygen atoms in total. The highest BCUT2D eigenvalue weighted by molar-refractivity contribution is 7.77. The summed E-state index contributed by atoms with van der Waals surface area (Å²) < 4.78 is 0. The largest absolute Gasteiger partial charge is 0.129 e. The van der Waals surface area contributed by atoms with E-state index in [0.29, 0.717) is 0 Å². The van der Waals surface area contributed by atoms with Gasteiger partial charge in [0.1, 0.15) is 5.16 Å². The van der Waals surface area contributed by atoms with Gasteiger partial charge < -0.3 is 0 Å².